The van der Waals surface area contributed by atoms with E-state index in [0.29, 0.717) is 13.0 Å². The molecule has 0 bridgehead atoms. The molecular weight excluding hydrogens is 392 g/mol. The summed E-state index contributed by atoms with van der Waals surface area (Å²) < 4.78 is 5.34. The Morgan fingerprint density at radius 2 is 1.03 bits per heavy atom. The molecule has 0 amide bonds. The average Bonchev–Trinajstić information content (AvgIpc) is 2.75. The van der Waals surface area contributed by atoms with Gasteiger partial charge in [0, 0.05) is 6.42 Å². The molecule has 2 heteroatoms. The van der Waals surface area contributed by atoms with Crippen LogP contribution in [0.4, 0.5) is 0 Å². The molecule has 0 unspecified atom stereocenters. The fourth-order valence-corrected chi connectivity index (χ4v) is 4.03. The van der Waals surface area contributed by atoms with Gasteiger partial charge in [-0.1, -0.05) is 127 Å². The van der Waals surface area contributed by atoms with Gasteiger partial charge >= 0.3 is 5.97 Å². The second kappa shape index (κ2) is 24.6. The molecule has 188 valence electrons. The van der Waals surface area contributed by atoms with Gasteiger partial charge in [0.1, 0.15) is 6.61 Å². The Kier molecular flexibility index (Phi) is 23.8. The highest BCUT2D eigenvalue weighted by Gasteiger charge is 2.02. The molecule has 0 atom stereocenters. The summed E-state index contributed by atoms with van der Waals surface area (Å²) in [6.07, 6.45) is 30.1. The summed E-state index contributed by atoms with van der Waals surface area (Å²) in [5, 5.41) is 0. The van der Waals surface area contributed by atoms with Crippen LogP contribution in [0.15, 0.2) is 23.3 Å². The molecule has 0 aliphatic rings. The van der Waals surface area contributed by atoms with Crippen molar-refractivity contribution in [1.29, 1.82) is 0 Å². The smallest absolute Gasteiger partial charge is 0.306 e. The van der Waals surface area contributed by atoms with Crippen molar-refractivity contribution in [2.45, 2.75) is 156 Å². The van der Waals surface area contributed by atoms with Gasteiger partial charge in [0.25, 0.3) is 0 Å². The summed E-state index contributed by atoms with van der Waals surface area (Å²) in [7, 11) is 0. The third-order valence-electron chi connectivity index (χ3n) is 6.25. The highest BCUT2D eigenvalue weighted by molar-refractivity contribution is 5.69. The molecule has 0 saturated carbocycles. The van der Waals surface area contributed by atoms with E-state index in [-0.39, 0.29) is 5.97 Å². The molecule has 0 rings (SSSR count). The zero-order valence-corrected chi connectivity index (χ0v) is 22.3. The van der Waals surface area contributed by atoms with E-state index in [1.54, 1.807) is 0 Å². The normalized spacial score (nSPS) is 11.6. The molecule has 0 heterocycles. The van der Waals surface area contributed by atoms with E-state index in [2.05, 4.69) is 33.8 Å². The first kappa shape index (κ1) is 30.9. The van der Waals surface area contributed by atoms with Crippen molar-refractivity contribution in [3.63, 3.8) is 0 Å². The van der Waals surface area contributed by atoms with Crippen molar-refractivity contribution in [3.05, 3.63) is 23.3 Å². The Labute approximate surface area is 201 Å². The number of allylic oxidation sites excluding steroid dienone is 3. The first-order valence-corrected chi connectivity index (χ1v) is 14.0. The van der Waals surface area contributed by atoms with Gasteiger partial charge < -0.3 is 4.74 Å². The van der Waals surface area contributed by atoms with Crippen molar-refractivity contribution >= 4 is 5.97 Å². The summed E-state index contributed by atoms with van der Waals surface area (Å²) in [5.41, 5.74) is 2.66. The van der Waals surface area contributed by atoms with Crippen LogP contribution in [0, 0.1) is 0 Å². The van der Waals surface area contributed by atoms with E-state index in [1.165, 1.54) is 107 Å². The molecule has 0 aliphatic heterocycles. The Morgan fingerprint density at radius 1 is 0.594 bits per heavy atom. The lowest BCUT2D eigenvalue weighted by Crippen LogP contribution is -2.04. The second-order valence-electron chi connectivity index (χ2n) is 9.96. The van der Waals surface area contributed by atoms with Crippen LogP contribution in [0.2, 0.25) is 0 Å². The van der Waals surface area contributed by atoms with E-state index in [9.17, 15) is 4.79 Å². The van der Waals surface area contributed by atoms with Gasteiger partial charge in [-0.15, -0.1) is 0 Å². The van der Waals surface area contributed by atoms with Crippen LogP contribution in [-0.4, -0.2) is 12.6 Å². The maximum Gasteiger partial charge on any atom is 0.306 e. The summed E-state index contributed by atoms with van der Waals surface area (Å²) >= 11 is 0. The number of esters is 1. The summed E-state index contributed by atoms with van der Waals surface area (Å²) in [5.74, 6) is -0.0423. The first-order valence-electron chi connectivity index (χ1n) is 14.0. The molecule has 32 heavy (non-hydrogen) atoms. The first-order chi connectivity index (χ1) is 15.6. The highest BCUT2D eigenvalue weighted by atomic mass is 16.5. The Balaban J connectivity index is 3.31. The van der Waals surface area contributed by atoms with Gasteiger partial charge in [-0.25, -0.2) is 0 Å². The number of carbonyl (C=O) groups is 1. The molecule has 0 aromatic rings. The molecular formula is C30H56O2. The molecule has 0 radical (unpaired) electrons. The minimum atomic E-state index is -0.0423. The summed E-state index contributed by atoms with van der Waals surface area (Å²) in [4.78, 5) is 11.8. The van der Waals surface area contributed by atoms with E-state index in [0.717, 1.165) is 25.7 Å². The lowest BCUT2D eigenvalue weighted by Gasteiger charge is -2.05. The van der Waals surface area contributed by atoms with Crippen molar-refractivity contribution in [1.82, 2.24) is 0 Å². The van der Waals surface area contributed by atoms with Gasteiger partial charge in [0.2, 0.25) is 0 Å². The van der Waals surface area contributed by atoms with Crippen LogP contribution < -0.4 is 0 Å². The second-order valence-corrected chi connectivity index (χ2v) is 9.96. The standard InChI is InChI=1S/C30H56O2/c1-5-6-7-8-9-10-11-12-13-14-15-16-17-18-19-20-21-25-30(31)32-27-26-29(4)24-22-23-28(2)3/h23,26H,5-22,24-25,27H2,1-4H3/b29-26+. The maximum absolute atomic E-state index is 11.8. The van der Waals surface area contributed by atoms with E-state index in [1.807, 2.05) is 6.08 Å². The van der Waals surface area contributed by atoms with Crippen LogP contribution >= 0.6 is 0 Å². The van der Waals surface area contributed by atoms with Crippen molar-refractivity contribution < 1.29 is 9.53 Å². The molecule has 0 fully saturated rings. The molecule has 2 nitrogen and oxygen atoms in total. The zero-order valence-electron chi connectivity index (χ0n) is 22.3. The lowest BCUT2D eigenvalue weighted by atomic mass is 10.0. The lowest BCUT2D eigenvalue weighted by molar-refractivity contribution is -0.142. The number of hydrogen-bond acceptors (Lipinski definition) is 2. The summed E-state index contributed by atoms with van der Waals surface area (Å²) in [6.45, 7) is 9.08. The molecule has 0 aromatic carbocycles. The number of carbonyl (C=O) groups excluding carboxylic acids is 1. The van der Waals surface area contributed by atoms with Gasteiger partial charge in [0.05, 0.1) is 0 Å². The van der Waals surface area contributed by atoms with Gasteiger partial charge in [-0.3, -0.25) is 4.79 Å². The Bertz CT molecular complexity index is 471. The topological polar surface area (TPSA) is 26.3 Å². The molecule has 0 aliphatic carbocycles. The Hall–Kier alpha value is -1.05. The predicted octanol–water partition coefficient (Wildman–Crippen LogP) is 10.3. The number of hydrogen-bond donors (Lipinski definition) is 0. The fourth-order valence-electron chi connectivity index (χ4n) is 4.03. The average molecular weight is 449 g/mol. The molecule has 0 saturated heterocycles. The van der Waals surface area contributed by atoms with Crippen molar-refractivity contribution in [2.75, 3.05) is 6.61 Å². The largest absolute Gasteiger partial charge is 0.461 e. The minimum Gasteiger partial charge on any atom is -0.461 e. The van der Waals surface area contributed by atoms with E-state index in [4.69, 9.17) is 4.74 Å². The van der Waals surface area contributed by atoms with Crippen LogP contribution in [0.25, 0.3) is 0 Å². The van der Waals surface area contributed by atoms with Gasteiger partial charge in [-0.2, -0.15) is 0 Å². The molecule has 0 spiro atoms. The van der Waals surface area contributed by atoms with E-state index >= 15 is 0 Å². The zero-order chi connectivity index (χ0) is 23.7. The molecule has 0 N–H and O–H groups in total. The quantitative estimate of drug-likeness (QED) is 0.0882. The number of ether oxygens (including phenoxy) is 1. The maximum atomic E-state index is 11.8. The third kappa shape index (κ3) is 25.2. The number of rotatable bonds is 23. The van der Waals surface area contributed by atoms with Gasteiger partial charge in [0.15, 0.2) is 0 Å². The van der Waals surface area contributed by atoms with Gasteiger partial charge in [-0.05, 0) is 46.1 Å². The Morgan fingerprint density at radius 3 is 1.47 bits per heavy atom. The van der Waals surface area contributed by atoms with Crippen LogP contribution in [0.1, 0.15) is 156 Å². The minimum absolute atomic E-state index is 0.0423. The summed E-state index contributed by atoms with van der Waals surface area (Å²) in [6, 6.07) is 0. The SMILES string of the molecule is CCCCCCCCCCCCCCCCCCCC(=O)OC/C=C(\C)CCC=C(C)C. The van der Waals surface area contributed by atoms with Crippen LogP contribution in [-0.2, 0) is 9.53 Å². The fraction of sp³-hybridized carbons (Fsp3) is 0.833. The highest BCUT2D eigenvalue weighted by Crippen LogP contribution is 2.14. The van der Waals surface area contributed by atoms with Crippen LogP contribution in [0.5, 0.6) is 0 Å². The number of unbranched alkanes of at least 4 members (excludes halogenated alkanes) is 16. The van der Waals surface area contributed by atoms with Crippen molar-refractivity contribution in [3.8, 4) is 0 Å². The monoisotopic (exact) mass is 448 g/mol. The van der Waals surface area contributed by atoms with E-state index < -0.39 is 0 Å². The molecule has 0 aromatic heterocycles. The van der Waals surface area contributed by atoms with Crippen LogP contribution in [0.3, 0.4) is 0 Å². The third-order valence-corrected chi connectivity index (χ3v) is 6.25. The van der Waals surface area contributed by atoms with Crippen molar-refractivity contribution in [2.24, 2.45) is 0 Å². The predicted molar refractivity (Wildman–Crippen MR) is 142 cm³/mol.